The second kappa shape index (κ2) is 6.95. The van der Waals surface area contributed by atoms with Gasteiger partial charge in [0.05, 0.1) is 12.2 Å². The summed E-state index contributed by atoms with van der Waals surface area (Å²) in [5.41, 5.74) is 0.847. The predicted molar refractivity (Wildman–Crippen MR) is 94.7 cm³/mol. The van der Waals surface area contributed by atoms with Crippen LogP contribution in [0.2, 0.25) is 0 Å². The highest BCUT2D eigenvalue weighted by molar-refractivity contribution is 5.94. The zero-order valence-electron chi connectivity index (χ0n) is 15.7. The van der Waals surface area contributed by atoms with Crippen molar-refractivity contribution in [3.63, 3.8) is 0 Å². The van der Waals surface area contributed by atoms with Crippen LogP contribution in [0.5, 0.6) is 0 Å². The summed E-state index contributed by atoms with van der Waals surface area (Å²) in [6.07, 6.45) is 1.90. The Morgan fingerprint density at radius 2 is 2.00 bits per heavy atom. The van der Waals surface area contributed by atoms with Crippen LogP contribution in [0.15, 0.2) is 6.07 Å². The number of carbonyl (C=O) groups is 2. The predicted octanol–water partition coefficient (Wildman–Crippen LogP) is 2.55. The Balaban J connectivity index is 2.02. The molecule has 0 unspecified atom stereocenters. The molecule has 1 saturated carbocycles. The Kier molecular flexibility index (Phi) is 5.35. The lowest BCUT2D eigenvalue weighted by Crippen LogP contribution is -2.41. The summed E-state index contributed by atoms with van der Waals surface area (Å²) in [4.78, 5) is 26.5. The third kappa shape index (κ3) is 4.82. The molecule has 24 heavy (non-hydrogen) atoms. The zero-order chi connectivity index (χ0) is 18.1. The standard InChI is InChI=1S/C18H30N4O2/c1-12(2)10-22(17(24)13-7-8-13)11-16(23)19-15-9-14(18(3,4)5)20-21(15)6/h9,12-13H,7-8,10-11H2,1-6H3,(H,19,23). The normalized spacial score (nSPS) is 14.8. The van der Waals surface area contributed by atoms with Gasteiger partial charge in [-0.3, -0.25) is 14.3 Å². The monoisotopic (exact) mass is 334 g/mol. The van der Waals surface area contributed by atoms with Crippen molar-refractivity contribution in [1.82, 2.24) is 14.7 Å². The van der Waals surface area contributed by atoms with Crippen molar-refractivity contribution in [2.75, 3.05) is 18.4 Å². The van der Waals surface area contributed by atoms with E-state index in [2.05, 4.69) is 45.0 Å². The van der Waals surface area contributed by atoms with Crippen LogP contribution in [0.25, 0.3) is 0 Å². The molecule has 1 aliphatic rings. The highest BCUT2D eigenvalue weighted by Crippen LogP contribution is 2.31. The summed E-state index contributed by atoms with van der Waals surface area (Å²) < 4.78 is 1.67. The maximum atomic E-state index is 12.4. The molecule has 0 radical (unpaired) electrons. The van der Waals surface area contributed by atoms with Gasteiger partial charge in [-0.1, -0.05) is 34.6 Å². The van der Waals surface area contributed by atoms with E-state index in [1.54, 1.807) is 9.58 Å². The minimum absolute atomic E-state index is 0.0770. The minimum Gasteiger partial charge on any atom is -0.333 e. The number of aryl methyl sites for hydroxylation is 1. The highest BCUT2D eigenvalue weighted by Gasteiger charge is 2.34. The van der Waals surface area contributed by atoms with Gasteiger partial charge < -0.3 is 10.2 Å². The van der Waals surface area contributed by atoms with Crippen LogP contribution in [0.3, 0.4) is 0 Å². The number of rotatable bonds is 6. The Bertz CT molecular complexity index is 609. The number of hydrogen-bond donors (Lipinski definition) is 1. The molecule has 0 bridgehead atoms. The quantitative estimate of drug-likeness (QED) is 0.869. The Morgan fingerprint density at radius 3 is 2.46 bits per heavy atom. The van der Waals surface area contributed by atoms with Crippen LogP contribution >= 0.6 is 0 Å². The third-order valence-corrected chi connectivity index (χ3v) is 4.07. The first-order chi connectivity index (χ1) is 11.1. The van der Waals surface area contributed by atoms with Gasteiger partial charge in [-0.2, -0.15) is 5.10 Å². The summed E-state index contributed by atoms with van der Waals surface area (Å²) in [6, 6.07) is 1.90. The van der Waals surface area contributed by atoms with Gasteiger partial charge in [0.1, 0.15) is 5.82 Å². The van der Waals surface area contributed by atoms with Crippen molar-refractivity contribution < 1.29 is 9.59 Å². The number of anilines is 1. The van der Waals surface area contributed by atoms with Gasteiger partial charge in [-0.25, -0.2) is 0 Å². The minimum atomic E-state index is -0.173. The first-order valence-corrected chi connectivity index (χ1v) is 8.71. The molecule has 2 rings (SSSR count). The molecular formula is C18H30N4O2. The number of hydrogen-bond acceptors (Lipinski definition) is 3. The van der Waals surface area contributed by atoms with E-state index in [0.29, 0.717) is 18.3 Å². The van der Waals surface area contributed by atoms with Crippen molar-refractivity contribution in [2.24, 2.45) is 18.9 Å². The first kappa shape index (κ1) is 18.5. The largest absolute Gasteiger partial charge is 0.333 e. The summed E-state index contributed by atoms with van der Waals surface area (Å²) in [7, 11) is 1.81. The van der Waals surface area contributed by atoms with E-state index in [-0.39, 0.29) is 29.7 Å². The van der Waals surface area contributed by atoms with Crippen molar-refractivity contribution >= 4 is 17.6 Å². The topological polar surface area (TPSA) is 67.2 Å². The molecule has 134 valence electrons. The second-order valence-electron chi connectivity index (χ2n) is 8.22. The van der Waals surface area contributed by atoms with E-state index >= 15 is 0 Å². The number of nitrogens with zero attached hydrogens (tertiary/aromatic N) is 3. The van der Waals surface area contributed by atoms with E-state index in [1.807, 2.05) is 13.1 Å². The Morgan fingerprint density at radius 1 is 1.38 bits per heavy atom. The molecule has 1 aromatic rings. The lowest BCUT2D eigenvalue weighted by molar-refractivity contribution is -0.136. The van der Waals surface area contributed by atoms with E-state index in [4.69, 9.17) is 0 Å². The van der Waals surface area contributed by atoms with Crippen LogP contribution in [0, 0.1) is 11.8 Å². The van der Waals surface area contributed by atoms with Crippen molar-refractivity contribution in [2.45, 2.75) is 52.9 Å². The average molecular weight is 334 g/mol. The van der Waals surface area contributed by atoms with E-state index in [1.165, 1.54) is 0 Å². The molecule has 6 nitrogen and oxygen atoms in total. The van der Waals surface area contributed by atoms with Crippen molar-refractivity contribution in [3.8, 4) is 0 Å². The molecule has 1 N–H and O–H groups in total. The van der Waals surface area contributed by atoms with Gasteiger partial charge in [0.2, 0.25) is 11.8 Å². The molecule has 1 heterocycles. The van der Waals surface area contributed by atoms with Crippen LogP contribution in [-0.2, 0) is 22.1 Å². The molecular weight excluding hydrogens is 304 g/mol. The highest BCUT2D eigenvalue weighted by atomic mass is 16.2. The number of aromatic nitrogens is 2. The first-order valence-electron chi connectivity index (χ1n) is 8.71. The van der Waals surface area contributed by atoms with Gasteiger partial charge in [0.15, 0.2) is 0 Å². The molecule has 1 aliphatic carbocycles. The van der Waals surface area contributed by atoms with Crippen LogP contribution < -0.4 is 5.32 Å². The average Bonchev–Trinajstić information content (AvgIpc) is 3.21. The molecule has 2 amide bonds. The van der Waals surface area contributed by atoms with Gasteiger partial charge in [-0.15, -0.1) is 0 Å². The molecule has 0 atom stereocenters. The fourth-order valence-corrected chi connectivity index (χ4v) is 2.57. The number of amides is 2. The molecule has 6 heteroatoms. The fraction of sp³-hybridized carbons (Fsp3) is 0.722. The summed E-state index contributed by atoms with van der Waals surface area (Å²) in [6.45, 7) is 11.1. The van der Waals surface area contributed by atoms with Gasteiger partial charge in [0, 0.05) is 31.0 Å². The van der Waals surface area contributed by atoms with Crippen LogP contribution in [0.4, 0.5) is 5.82 Å². The second-order valence-corrected chi connectivity index (χ2v) is 8.22. The maximum Gasteiger partial charge on any atom is 0.245 e. The van der Waals surface area contributed by atoms with Gasteiger partial charge >= 0.3 is 0 Å². The number of carbonyl (C=O) groups excluding carboxylic acids is 2. The van der Waals surface area contributed by atoms with Crippen LogP contribution in [-0.4, -0.2) is 39.6 Å². The fourth-order valence-electron chi connectivity index (χ4n) is 2.57. The van der Waals surface area contributed by atoms with Crippen molar-refractivity contribution in [3.05, 3.63) is 11.8 Å². The maximum absolute atomic E-state index is 12.4. The van der Waals surface area contributed by atoms with Crippen LogP contribution in [0.1, 0.15) is 53.2 Å². The van der Waals surface area contributed by atoms with Gasteiger partial charge in [-0.05, 0) is 18.8 Å². The lowest BCUT2D eigenvalue weighted by atomic mass is 9.92. The zero-order valence-corrected chi connectivity index (χ0v) is 15.7. The van der Waals surface area contributed by atoms with E-state index in [9.17, 15) is 9.59 Å². The molecule has 1 aromatic heterocycles. The molecule has 0 aliphatic heterocycles. The Labute approximate surface area is 144 Å². The summed E-state index contributed by atoms with van der Waals surface area (Å²) in [5, 5.41) is 7.35. The summed E-state index contributed by atoms with van der Waals surface area (Å²) >= 11 is 0. The molecule has 0 spiro atoms. The molecule has 1 fully saturated rings. The summed E-state index contributed by atoms with van der Waals surface area (Å²) in [5.74, 6) is 1.06. The van der Waals surface area contributed by atoms with E-state index < -0.39 is 0 Å². The SMILES string of the molecule is CC(C)CN(CC(=O)Nc1cc(C(C)(C)C)nn1C)C(=O)C1CC1. The third-order valence-electron chi connectivity index (χ3n) is 4.07. The smallest absolute Gasteiger partial charge is 0.245 e. The van der Waals surface area contributed by atoms with Gasteiger partial charge in [0.25, 0.3) is 0 Å². The lowest BCUT2D eigenvalue weighted by Gasteiger charge is -2.24. The molecule has 0 saturated heterocycles. The van der Waals surface area contributed by atoms with Crippen molar-refractivity contribution in [1.29, 1.82) is 0 Å². The number of nitrogens with one attached hydrogen (secondary N) is 1. The molecule has 0 aromatic carbocycles. The van der Waals surface area contributed by atoms with E-state index in [0.717, 1.165) is 18.5 Å². The Hall–Kier alpha value is -1.85.